The van der Waals surface area contributed by atoms with E-state index in [1.807, 2.05) is 18.2 Å². The summed E-state index contributed by atoms with van der Waals surface area (Å²) in [7, 11) is 3.29. The van der Waals surface area contributed by atoms with Crippen molar-refractivity contribution >= 4 is 11.3 Å². The van der Waals surface area contributed by atoms with Gasteiger partial charge < -0.3 is 18.8 Å². The van der Waals surface area contributed by atoms with E-state index < -0.39 is 0 Å². The van der Waals surface area contributed by atoms with Crippen LogP contribution in [0.15, 0.2) is 29.6 Å². The van der Waals surface area contributed by atoms with Crippen LogP contribution in [0.3, 0.4) is 0 Å². The van der Waals surface area contributed by atoms with Gasteiger partial charge >= 0.3 is 0 Å². The van der Waals surface area contributed by atoms with E-state index in [1.54, 1.807) is 25.6 Å². The van der Waals surface area contributed by atoms with Gasteiger partial charge in [0.25, 0.3) is 0 Å². The van der Waals surface area contributed by atoms with Gasteiger partial charge in [-0.2, -0.15) is 0 Å². The van der Waals surface area contributed by atoms with Crippen LogP contribution >= 0.6 is 11.3 Å². The standard InChI is InChI=1S/C22H26N2O3S/c1-14-10-18(15(2)24(14)12-17-6-5-9-27-17)19-13-28-22(23-19)16-7-8-20(25-3)21(11-16)26-4/h7-8,10-11,13,17H,5-6,9,12H2,1-4H3/t17-/m0/s1. The number of hydrogen-bond donors (Lipinski definition) is 0. The number of methoxy groups -OCH3 is 2. The van der Waals surface area contributed by atoms with Crippen molar-refractivity contribution in [2.45, 2.75) is 39.3 Å². The number of rotatable bonds is 6. The minimum Gasteiger partial charge on any atom is -0.493 e. The SMILES string of the molecule is COc1ccc(-c2nc(-c3cc(C)n(C[C@@H]4CCCO4)c3C)cs2)cc1OC. The fraction of sp³-hybridized carbons (Fsp3) is 0.409. The van der Waals surface area contributed by atoms with Crippen molar-refractivity contribution in [3.63, 3.8) is 0 Å². The van der Waals surface area contributed by atoms with Gasteiger partial charge in [0, 0.05) is 41.0 Å². The quantitative estimate of drug-likeness (QED) is 0.580. The highest BCUT2D eigenvalue weighted by molar-refractivity contribution is 7.13. The van der Waals surface area contributed by atoms with E-state index in [0.717, 1.165) is 48.0 Å². The lowest BCUT2D eigenvalue weighted by Crippen LogP contribution is -2.16. The maximum Gasteiger partial charge on any atom is 0.161 e. The molecule has 6 heteroatoms. The van der Waals surface area contributed by atoms with Crippen LogP contribution < -0.4 is 9.47 Å². The summed E-state index contributed by atoms with van der Waals surface area (Å²) in [6.07, 6.45) is 2.64. The second-order valence-electron chi connectivity index (χ2n) is 7.14. The monoisotopic (exact) mass is 398 g/mol. The largest absolute Gasteiger partial charge is 0.493 e. The summed E-state index contributed by atoms with van der Waals surface area (Å²) < 4.78 is 19.0. The van der Waals surface area contributed by atoms with E-state index in [9.17, 15) is 0 Å². The number of benzene rings is 1. The molecule has 1 atom stereocenters. The summed E-state index contributed by atoms with van der Waals surface area (Å²) in [6.45, 7) is 6.14. The van der Waals surface area contributed by atoms with Crippen LogP contribution in [0.1, 0.15) is 24.2 Å². The molecule has 4 rings (SSSR count). The Kier molecular flexibility index (Phi) is 5.42. The molecule has 3 heterocycles. The normalized spacial score (nSPS) is 16.5. The highest BCUT2D eigenvalue weighted by Crippen LogP contribution is 2.36. The van der Waals surface area contributed by atoms with Crippen molar-refractivity contribution in [2.24, 2.45) is 0 Å². The zero-order valence-corrected chi connectivity index (χ0v) is 17.6. The van der Waals surface area contributed by atoms with Gasteiger partial charge in [-0.1, -0.05) is 0 Å². The Morgan fingerprint density at radius 3 is 2.71 bits per heavy atom. The van der Waals surface area contributed by atoms with Gasteiger partial charge in [0.15, 0.2) is 11.5 Å². The van der Waals surface area contributed by atoms with Crippen molar-refractivity contribution in [3.8, 4) is 33.3 Å². The molecule has 0 N–H and O–H groups in total. The molecule has 1 fully saturated rings. The lowest BCUT2D eigenvalue weighted by atomic mass is 10.2. The van der Waals surface area contributed by atoms with Gasteiger partial charge in [-0.15, -0.1) is 11.3 Å². The number of aryl methyl sites for hydroxylation is 1. The molecule has 1 saturated heterocycles. The van der Waals surface area contributed by atoms with E-state index in [-0.39, 0.29) is 0 Å². The smallest absolute Gasteiger partial charge is 0.161 e. The van der Waals surface area contributed by atoms with Gasteiger partial charge in [-0.25, -0.2) is 4.98 Å². The van der Waals surface area contributed by atoms with E-state index in [2.05, 4.69) is 29.9 Å². The van der Waals surface area contributed by atoms with Crippen molar-refractivity contribution in [3.05, 3.63) is 41.0 Å². The third-order valence-corrected chi connectivity index (χ3v) is 6.29. The minimum absolute atomic E-state index is 0.329. The maximum absolute atomic E-state index is 5.83. The Hall–Kier alpha value is -2.31. The lowest BCUT2D eigenvalue weighted by Gasteiger charge is -2.14. The summed E-state index contributed by atoms with van der Waals surface area (Å²) >= 11 is 1.65. The van der Waals surface area contributed by atoms with E-state index in [0.29, 0.717) is 11.9 Å². The maximum atomic E-state index is 5.83. The van der Waals surface area contributed by atoms with Crippen molar-refractivity contribution in [1.29, 1.82) is 0 Å². The van der Waals surface area contributed by atoms with Crippen LogP contribution in [0.4, 0.5) is 0 Å². The van der Waals surface area contributed by atoms with Gasteiger partial charge in [0.05, 0.1) is 26.0 Å². The molecule has 0 amide bonds. The van der Waals surface area contributed by atoms with Crippen molar-refractivity contribution in [2.75, 3.05) is 20.8 Å². The van der Waals surface area contributed by atoms with Crippen LogP contribution in [0.5, 0.6) is 11.5 Å². The molecule has 3 aromatic rings. The molecule has 1 aromatic carbocycles. The third-order valence-electron chi connectivity index (χ3n) is 5.39. The first kappa shape index (κ1) is 19.0. The number of hydrogen-bond acceptors (Lipinski definition) is 5. The lowest BCUT2D eigenvalue weighted by molar-refractivity contribution is 0.0962. The average Bonchev–Trinajstić information content (AvgIpc) is 3.45. The predicted octanol–water partition coefficient (Wildman–Crippen LogP) is 5.09. The minimum atomic E-state index is 0.329. The Balaban J connectivity index is 1.63. The zero-order chi connectivity index (χ0) is 19.7. The first-order valence-corrected chi connectivity index (χ1v) is 10.4. The fourth-order valence-corrected chi connectivity index (χ4v) is 4.65. The summed E-state index contributed by atoms with van der Waals surface area (Å²) in [5, 5.41) is 3.10. The summed E-state index contributed by atoms with van der Waals surface area (Å²) in [4.78, 5) is 4.91. The summed E-state index contributed by atoms with van der Waals surface area (Å²) in [6, 6.07) is 8.15. The number of thiazole rings is 1. The molecule has 148 valence electrons. The number of aromatic nitrogens is 2. The van der Waals surface area contributed by atoms with Crippen LogP contribution in [-0.2, 0) is 11.3 Å². The number of nitrogens with zero attached hydrogens (tertiary/aromatic N) is 2. The third kappa shape index (κ3) is 3.54. The molecule has 28 heavy (non-hydrogen) atoms. The second-order valence-corrected chi connectivity index (χ2v) is 8.00. The van der Waals surface area contributed by atoms with Gasteiger partial charge in [0.1, 0.15) is 5.01 Å². The molecule has 0 saturated carbocycles. The molecule has 0 aliphatic carbocycles. The summed E-state index contributed by atoms with van der Waals surface area (Å²) in [5.41, 5.74) is 5.74. The Morgan fingerprint density at radius 1 is 1.18 bits per heavy atom. The van der Waals surface area contributed by atoms with Crippen LogP contribution in [-0.4, -0.2) is 36.5 Å². The number of ether oxygens (including phenoxy) is 3. The molecule has 0 bridgehead atoms. The van der Waals surface area contributed by atoms with Crippen molar-refractivity contribution in [1.82, 2.24) is 9.55 Å². The molecular weight excluding hydrogens is 372 g/mol. The highest BCUT2D eigenvalue weighted by Gasteiger charge is 2.20. The molecule has 0 spiro atoms. The van der Waals surface area contributed by atoms with Crippen LogP contribution in [0.25, 0.3) is 21.8 Å². The van der Waals surface area contributed by atoms with E-state index in [1.165, 1.54) is 17.0 Å². The molecule has 0 unspecified atom stereocenters. The topological polar surface area (TPSA) is 45.5 Å². The van der Waals surface area contributed by atoms with Gasteiger partial charge in [-0.3, -0.25) is 0 Å². The van der Waals surface area contributed by atoms with Crippen LogP contribution in [0.2, 0.25) is 0 Å². The molecule has 5 nitrogen and oxygen atoms in total. The van der Waals surface area contributed by atoms with Gasteiger partial charge in [0.2, 0.25) is 0 Å². The molecule has 0 radical (unpaired) electrons. The van der Waals surface area contributed by atoms with Gasteiger partial charge in [-0.05, 0) is 51.0 Å². The van der Waals surface area contributed by atoms with Crippen LogP contribution in [0, 0.1) is 13.8 Å². The van der Waals surface area contributed by atoms with E-state index >= 15 is 0 Å². The molecule has 1 aliphatic rings. The van der Waals surface area contributed by atoms with Crippen molar-refractivity contribution < 1.29 is 14.2 Å². The molecule has 2 aromatic heterocycles. The molecular formula is C22H26N2O3S. The molecule has 1 aliphatic heterocycles. The Morgan fingerprint density at radius 2 is 2.00 bits per heavy atom. The Bertz CT molecular complexity index is 970. The second kappa shape index (κ2) is 7.97. The average molecular weight is 399 g/mol. The Labute approximate surface area is 169 Å². The fourth-order valence-electron chi connectivity index (χ4n) is 3.83. The zero-order valence-electron chi connectivity index (χ0n) is 16.8. The highest BCUT2D eigenvalue weighted by atomic mass is 32.1. The summed E-state index contributed by atoms with van der Waals surface area (Å²) in [5.74, 6) is 1.44. The van der Waals surface area contributed by atoms with E-state index in [4.69, 9.17) is 19.2 Å². The predicted molar refractivity (Wildman–Crippen MR) is 113 cm³/mol. The first-order chi connectivity index (χ1) is 13.6. The first-order valence-electron chi connectivity index (χ1n) is 9.57.